The van der Waals surface area contributed by atoms with Gasteiger partial charge < -0.3 is 10.4 Å². The molecule has 2 N–H and O–H groups in total. The molecule has 3 heteroatoms. The lowest BCUT2D eigenvalue weighted by molar-refractivity contribution is -0.0332. The smallest absolute Gasteiger partial charge is 0.104 e. The van der Waals surface area contributed by atoms with Crippen LogP contribution < -0.4 is 5.32 Å². The van der Waals surface area contributed by atoms with E-state index in [-0.39, 0.29) is 12.7 Å². The normalized spacial score (nSPS) is 24.3. The second-order valence-electron chi connectivity index (χ2n) is 3.51. The summed E-state index contributed by atoms with van der Waals surface area (Å²) in [6, 6.07) is -0.125. The standard InChI is InChI=1S/C8H16FNO/c1-7(5-9)10-6-8(11)3-2-4-8/h7,10-11H,2-6H2,1H3. The summed E-state index contributed by atoms with van der Waals surface area (Å²) in [5.74, 6) is 0. The third-order valence-electron chi connectivity index (χ3n) is 2.30. The van der Waals surface area contributed by atoms with Gasteiger partial charge >= 0.3 is 0 Å². The van der Waals surface area contributed by atoms with Gasteiger partial charge in [-0.25, -0.2) is 4.39 Å². The molecule has 1 aliphatic carbocycles. The Labute approximate surface area is 66.8 Å². The molecule has 0 bridgehead atoms. The first kappa shape index (κ1) is 8.94. The van der Waals surface area contributed by atoms with Gasteiger partial charge in [-0.2, -0.15) is 0 Å². The molecule has 0 aliphatic heterocycles. The monoisotopic (exact) mass is 161 g/mol. The third kappa shape index (κ3) is 2.42. The molecule has 1 unspecified atom stereocenters. The molecule has 1 saturated carbocycles. The summed E-state index contributed by atoms with van der Waals surface area (Å²) in [6.07, 6.45) is 2.82. The van der Waals surface area contributed by atoms with E-state index in [0.29, 0.717) is 6.54 Å². The Morgan fingerprint density at radius 2 is 2.27 bits per heavy atom. The fourth-order valence-electron chi connectivity index (χ4n) is 1.18. The third-order valence-corrected chi connectivity index (χ3v) is 2.30. The number of aliphatic hydroxyl groups is 1. The molecule has 0 radical (unpaired) electrons. The molecule has 0 aromatic carbocycles. The number of halogens is 1. The van der Waals surface area contributed by atoms with Gasteiger partial charge in [0.1, 0.15) is 6.67 Å². The Bertz CT molecular complexity index is 125. The second kappa shape index (κ2) is 3.50. The lowest BCUT2D eigenvalue weighted by atomic mass is 9.80. The zero-order chi connectivity index (χ0) is 8.32. The first-order valence-electron chi connectivity index (χ1n) is 4.18. The molecule has 2 nitrogen and oxygen atoms in total. The van der Waals surface area contributed by atoms with E-state index in [2.05, 4.69) is 5.32 Å². The SMILES string of the molecule is CC(CF)NCC1(O)CCC1. The summed E-state index contributed by atoms with van der Waals surface area (Å²) in [5, 5.41) is 12.5. The lowest BCUT2D eigenvalue weighted by Crippen LogP contribution is -2.48. The Morgan fingerprint density at radius 3 is 2.64 bits per heavy atom. The maximum absolute atomic E-state index is 11.9. The van der Waals surface area contributed by atoms with Gasteiger partial charge in [0.2, 0.25) is 0 Å². The highest BCUT2D eigenvalue weighted by Gasteiger charge is 2.33. The molecule has 0 amide bonds. The quantitative estimate of drug-likeness (QED) is 0.640. The largest absolute Gasteiger partial charge is 0.389 e. The van der Waals surface area contributed by atoms with Gasteiger partial charge in [-0.3, -0.25) is 0 Å². The summed E-state index contributed by atoms with van der Waals surface area (Å²) in [4.78, 5) is 0. The van der Waals surface area contributed by atoms with E-state index >= 15 is 0 Å². The Kier molecular flexibility index (Phi) is 2.84. The minimum atomic E-state index is -0.524. The summed E-state index contributed by atoms with van der Waals surface area (Å²) in [7, 11) is 0. The summed E-state index contributed by atoms with van der Waals surface area (Å²) in [5.41, 5.74) is -0.524. The molecule has 11 heavy (non-hydrogen) atoms. The fourth-order valence-corrected chi connectivity index (χ4v) is 1.18. The van der Waals surface area contributed by atoms with E-state index < -0.39 is 5.60 Å². The van der Waals surface area contributed by atoms with Crippen LogP contribution in [0.1, 0.15) is 26.2 Å². The molecule has 1 atom stereocenters. The second-order valence-corrected chi connectivity index (χ2v) is 3.51. The predicted molar refractivity (Wildman–Crippen MR) is 42.2 cm³/mol. The Balaban J connectivity index is 2.11. The van der Waals surface area contributed by atoms with E-state index in [9.17, 15) is 9.50 Å². The molecule has 1 aliphatic rings. The van der Waals surface area contributed by atoms with Crippen molar-refractivity contribution in [2.75, 3.05) is 13.2 Å². The van der Waals surface area contributed by atoms with Crippen LogP contribution in [0.15, 0.2) is 0 Å². The van der Waals surface area contributed by atoms with Crippen LogP contribution in [0.4, 0.5) is 4.39 Å². The highest BCUT2D eigenvalue weighted by Crippen LogP contribution is 2.30. The van der Waals surface area contributed by atoms with Gasteiger partial charge in [0.05, 0.1) is 5.60 Å². The van der Waals surface area contributed by atoms with E-state index in [1.165, 1.54) is 0 Å². The zero-order valence-electron chi connectivity index (χ0n) is 6.94. The molecule has 0 spiro atoms. The van der Waals surface area contributed by atoms with Crippen molar-refractivity contribution in [1.29, 1.82) is 0 Å². The summed E-state index contributed by atoms with van der Waals surface area (Å²) in [6.45, 7) is 1.95. The number of nitrogens with one attached hydrogen (secondary N) is 1. The lowest BCUT2D eigenvalue weighted by Gasteiger charge is -2.37. The molecule has 0 saturated heterocycles. The Hall–Kier alpha value is -0.150. The first-order valence-corrected chi connectivity index (χ1v) is 4.18. The summed E-state index contributed by atoms with van der Waals surface area (Å²) >= 11 is 0. The molecule has 1 rings (SSSR count). The molecule has 1 fully saturated rings. The van der Waals surface area contributed by atoms with Crippen molar-refractivity contribution >= 4 is 0 Å². The summed E-state index contributed by atoms with van der Waals surface area (Å²) < 4.78 is 11.9. The highest BCUT2D eigenvalue weighted by molar-refractivity contribution is 4.89. The minimum absolute atomic E-state index is 0.125. The number of alkyl halides is 1. The number of hydrogen-bond donors (Lipinski definition) is 2. The van der Waals surface area contributed by atoms with Crippen molar-refractivity contribution in [2.24, 2.45) is 0 Å². The van der Waals surface area contributed by atoms with Crippen molar-refractivity contribution in [3.63, 3.8) is 0 Å². The van der Waals surface area contributed by atoms with E-state index in [0.717, 1.165) is 19.3 Å². The van der Waals surface area contributed by atoms with Crippen molar-refractivity contribution in [3.05, 3.63) is 0 Å². The predicted octanol–water partition coefficient (Wildman–Crippen LogP) is 0.849. The van der Waals surface area contributed by atoms with Crippen molar-refractivity contribution in [2.45, 2.75) is 37.8 Å². The van der Waals surface area contributed by atoms with Crippen LogP contribution >= 0.6 is 0 Å². The van der Waals surface area contributed by atoms with E-state index in [1.807, 2.05) is 0 Å². The topological polar surface area (TPSA) is 32.3 Å². The molecular formula is C8H16FNO. The van der Waals surface area contributed by atoms with Crippen LogP contribution in [0.3, 0.4) is 0 Å². The van der Waals surface area contributed by atoms with Gasteiger partial charge in [0, 0.05) is 12.6 Å². The van der Waals surface area contributed by atoms with Crippen LogP contribution in [-0.2, 0) is 0 Å². The van der Waals surface area contributed by atoms with E-state index in [4.69, 9.17) is 0 Å². The van der Waals surface area contributed by atoms with Crippen LogP contribution in [0.5, 0.6) is 0 Å². The van der Waals surface area contributed by atoms with Gasteiger partial charge in [-0.05, 0) is 26.2 Å². The molecular weight excluding hydrogens is 145 g/mol. The maximum atomic E-state index is 11.9. The van der Waals surface area contributed by atoms with E-state index in [1.54, 1.807) is 6.92 Å². The van der Waals surface area contributed by atoms with Crippen molar-refractivity contribution in [1.82, 2.24) is 5.32 Å². The van der Waals surface area contributed by atoms with Crippen LogP contribution in [-0.4, -0.2) is 30.0 Å². The first-order chi connectivity index (χ1) is 5.16. The van der Waals surface area contributed by atoms with Crippen molar-refractivity contribution < 1.29 is 9.50 Å². The van der Waals surface area contributed by atoms with Gasteiger partial charge in [0.25, 0.3) is 0 Å². The van der Waals surface area contributed by atoms with Crippen LogP contribution in [0.2, 0.25) is 0 Å². The average molecular weight is 161 g/mol. The number of rotatable bonds is 4. The minimum Gasteiger partial charge on any atom is -0.389 e. The highest BCUT2D eigenvalue weighted by atomic mass is 19.1. The Morgan fingerprint density at radius 1 is 1.64 bits per heavy atom. The fraction of sp³-hybridized carbons (Fsp3) is 1.00. The van der Waals surface area contributed by atoms with Gasteiger partial charge in [-0.15, -0.1) is 0 Å². The average Bonchev–Trinajstić information content (AvgIpc) is 1.96. The van der Waals surface area contributed by atoms with Crippen molar-refractivity contribution in [3.8, 4) is 0 Å². The van der Waals surface area contributed by atoms with Gasteiger partial charge in [0.15, 0.2) is 0 Å². The number of hydrogen-bond acceptors (Lipinski definition) is 2. The molecule has 0 aromatic rings. The zero-order valence-corrected chi connectivity index (χ0v) is 6.94. The van der Waals surface area contributed by atoms with Gasteiger partial charge in [-0.1, -0.05) is 0 Å². The maximum Gasteiger partial charge on any atom is 0.104 e. The molecule has 66 valence electrons. The molecule has 0 aromatic heterocycles. The van der Waals surface area contributed by atoms with Crippen LogP contribution in [0, 0.1) is 0 Å². The molecule has 0 heterocycles. The van der Waals surface area contributed by atoms with Crippen LogP contribution in [0.25, 0.3) is 0 Å².